The van der Waals surface area contributed by atoms with Crippen molar-refractivity contribution in [3.8, 4) is 0 Å². The van der Waals surface area contributed by atoms with Crippen LogP contribution in [0.5, 0.6) is 0 Å². The summed E-state index contributed by atoms with van der Waals surface area (Å²) in [6.45, 7) is 5.42. The van der Waals surface area contributed by atoms with Crippen molar-refractivity contribution in [3.63, 3.8) is 0 Å². The summed E-state index contributed by atoms with van der Waals surface area (Å²) in [5.41, 5.74) is -1.38. The third kappa shape index (κ3) is 3.03. The van der Waals surface area contributed by atoms with Gasteiger partial charge in [-0.05, 0) is 32.4 Å². The van der Waals surface area contributed by atoms with Gasteiger partial charge in [-0.15, -0.1) is 0 Å². The first-order chi connectivity index (χ1) is 8.19. The molecule has 0 aliphatic heterocycles. The van der Waals surface area contributed by atoms with Crippen LogP contribution in [-0.4, -0.2) is 12.5 Å². The number of halogens is 3. The highest BCUT2D eigenvalue weighted by Gasteiger charge is 2.34. The predicted octanol–water partition coefficient (Wildman–Crippen LogP) is 3.12. The zero-order valence-corrected chi connectivity index (χ0v) is 10.6. The van der Waals surface area contributed by atoms with Gasteiger partial charge in [0.25, 0.3) is 0 Å². The van der Waals surface area contributed by atoms with Crippen LogP contribution >= 0.6 is 0 Å². The van der Waals surface area contributed by atoms with Crippen molar-refractivity contribution in [1.82, 2.24) is 5.32 Å². The number of nitrogens with one attached hydrogen (secondary N) is 1. The van der Waals surface area contributed by atoms with E-state index in [1.165, 1.54) is 12.1 Å². The summed E-state index contributed by atoms with van der Waals surface area (Å²) >= 11 is 0. The molecular formula is C13H16F3NO. The monoisotopic (exact) mass is 259 g/mol. The van der Waals surface area contributed by atoms with Crippen molar-refractivity contribution < 1.29 is 18.0 Å². The second kappa shape index (κ2) is 5.00. The number of hydrogen-bond acceptors (Lipinski definition) is 1. The molecule has 2 nitrogen and oxygen atoms in total. The summed E-state index contributed by atoms with van der Waals surface area (Å²) in [5.74, 6) is -0.288. The smallest absolute Gasteiger partial charge is 0.356 e. The van der Waals surface area contributed by atoms with Gasteiger partial charge in [0.1, 0.15) is 0 Å². The molecule has 0 unspecified atom stereocenters. The van der Waals surface area contributed by atoms with E-state index < -0.39 is 17.2 Å². The molecule has 1 aromatic rings. The van der Waals surface area contributed by atoms with Crippen molar-refractivity contribution in [3.05, 3.63) is 35.4 Å². The van der Waals surface area contributed by atoms with Crippen molar-refractivity contribution in [2.75, 3.05) is 6.54 Å². The van der Waals surface area contributed by atoms with Crippen LogP contribution in [0.1, 0.15) is 31.9 Å². The normalized spacial score (nSPS) is 12.3. The first kappa shape index (κ1) is 14.5. The summed E-state index contributed by atoms with van der Waals surface area (Å²) in [6, 6.07) is 4.87. The fraction of sp³-hybridized carbons (Fsp3) is 0.462. The summed E-state index contributed by atoms with van der Waals surface area (Å²) < 4.78 is 37.8. The predicted molar refractivity (Wildman–Crippen MR) is 63.2 cm³/mol. The van der Waals surface area contributed by atoms with Crippen LogP contribution < -0.4 is 5.32 Å². The lowest BCUT2D eigenvalue weighted by Crippen LogP contribution is -2.40. The maximum absolute atomic E-state index is 12.6. The molecule has 18 heavy (non-hydrogen) atoms. The van der Waals surface area contributed by atoms with Gasteiger partial charge < -0.3 is 5.32 Å². The van der Waals surface area contributed by atoms with E-state index in [1.54, 1.807) is 20.8 Å². The molecule has 5 heteroatoms. The fourth-order valence-corrected chi connectivity index (χ4v) is 1.60. The molecule has 1 amide bonds. The Bertz CT molecular complexity index is 438. The molecule has 1 N–H and O–H groups in total. The first-order valence-electron chi connectivity index (χ1n) is 5.65. The standard InChI is InChI=1S/C13H16F3NO/c1-4-17-11(18)12(2,3)9-6-5-7-10(8-9)13(14,15)16/h5-8H,4H2,1-3H3,(H,17,18). The maximum atomic E-state index is 12.6. The van der Waals surface area contributed by atoms with Gasteiger partial charge in [0.15, 0.2) is 0 Å². The van der Waals surface area contributed by atoms with Crippen LogP contribution in [-0.2, 0) is 16.4 Å². The minimum absolute atomic E-state index is 0.288. The number of hydrogen-bond donors (Lipinski definition) is 1. The summed E-state index contributed by atoms with van der Waals surface area (Å²) in [5, 5.41) is 2.62. The van der Waals surface area contributed by atoms with Gasteiger partial charge in [0.2, 0.25) is 5.91 Å². The average Bonchev–Trinajstić information content (AvgIpc) is 2.28. The highest BCUT2D eigenvalue weighted by atomic mass is 19.4. The van der Waals surface area contributed by atoms with Gasteiger partial charge in [0.05, 0.1) is 11.0 Å². The van der Waals surface area contributed by atoms with Crippen LogP contribution in [0.15, 0.2) is 24.3 Å². The minimum Gasteiger partial charge on any atom is -0.356 e. The molecule has 0 aliphatic rings. The van der Waals surface area contributed by atoms with E-state index >= 15 is 0 Å². The molecule has 100 valence electrons. The molecule has 0 aromatic heterocycles. The Balaban J connectivity index is 3.13. The molecular weight excluding hydrogens is 243 g/mol. The number of benzene rings is 1. The molecule has 0 aliphatic carbocycles. The number of alkyl halides is 3. The lowest BCUT2D eigenvalue weighted by Gasteiger charge is -2.24. The fourth-order valence-electron chi connectivity index (χ4n) is 1.60. The highest BCUT2D eigenvalue weighted by Crippen LogP contribution is 2.32. The molecule has 1 aromatic carbocycles. The molecule has 0 radical (unpaired) electrons. The second-order valence-electron chi connectivity index (χ2n) is 4.56. The molecule has 0 fully saturated rings. The van der Waals surface area contributed by atoms with Crippen LogP contribution in [0.2, 0.25) is 0 Å². The molecule has 0 atom stereocenters. The lowest BCUT2D eigenvalue weighted by molar-refractivity contribution is -0.137. The van der Waals surface area contributed by atoms with Gasteiger partial charge in [0, 0.05) is 6.54 Å². The topological polar surface area (TPSA) is 29.1 Å². The van der Waals surface area contributed by atoms with E-state index in [-0.39, 0.29) is 5.91 Å². The van der Waals surface area contributed by atoms with Gasteiger partial charge in [-0.2, -0.15) is 13.2 Å². The highest BCUT2D eigenvalue weighted by molar-refractivity contribution is 5.87. The largest absolute Gasteiger partial charge is 0.416 e. The van der Waals surface area contributed by atoms with Gasteiger partial charge in [-0.3, -0.25) is 4.79 Å². The Morgan fingerprint density at radius 2 is 1.78 bits per heavy atom. The molecule has 0 saturated heterocycles. The van der Waals surface area contributed by atoms with E-state index in [0.717, 1.165) is 12.1 Å². The van der Waals surface area contributed by atoms with Crippen molar-refractivity contribution in [2.24, 2.45) is 0 Å². The Morgan fingerprint density at radius 3 is 2.28 bits per heavy atom. The molecule has 0 bridgehead atoms. The number of rotatable bonds is 3. The van der Waals surface area contributed by atoms with Crippen molar-refractivity contribution in [1.29, 1.82) is 0 Å². The third-order valence-corrected chi connectivity index (χ3v) is 2.82. The molecule has 0 spiro atoms. The Labute approximate surface area is 104 Å². The van der Waals surface area contributed by atoms with E-state index in [0.29, 0.717) is 12.1 Å². The second-order valence-corrected chi connectivity index (χ2v) is 4.56. The van der Waals surface area contributed by atoms with Crippen LogP contribution in [0, 0.1) is 0 Å². The SMILES string of the molecule is CCNC(=O)C(C)(C)c1cccc(C(F)(F)F)c1. The van der Waals surface area contributed by atoms with Gasteiger partial charge in [-0.1, -0.05) is 18.2 Å². The molecule has 1 rings (SSSR count). The molecule has 0 saturated carbocycles. The Hall–Kier alpha value is -1.52. The van der Waals surface area contributed by atoms with Gasteiger partial charge in [-0.25, -0.2) is 0 Å². The lowest BCUT2D eigenvalue weighted by atomic mass is 9.83. The zero-order valence-electron chi connectivity index (χ0n) is 10.6. The van der Waals surface area contributed by atoms with Crippen LogP contribution in [0.25, 0.3) is 0 Å². The van der Waals surface area contributed by atoms with E-state index in [2.05, 4.69) is 5.32 Å². The van der Waals surface area contributed by atoms with Gasteiger partial charge >= 0.3 is 6.18 Å². The van der Waals surface area contributed by atoms with E-state index in [1.807, 2.05) is 0 Å². The third-order valence-electron chi connectivity index (χ3n) is 2.82. The quantitative estimate of drug-likeness (QED) is 0.887. The Morgan fingerprint density at radius 1 is 1.22 bits per heavy atom. The Kier molecular flexibility index (Phi) is 4.04. The average molecular weight is 259 g/mol. The number of amides is 1. The van der Waals surface area contributed by atoms with Crippen molar-refractivity contribution in [2.45, 2.75) is 32.4 Å². The first-order valence-corrected chi connectivity index (χ1v) is 5.65. The minimum atomic E-state index is -4.40. The van der Waals surface area contributed by atoms with E-state index in [9.17, 15) is 18.0 Å². The number of likely N-dealkylation sites (N-methyl/N-ethyl adjacent to an activating group) is 1. The summed E-state index contributed by atoms with van der Waals surface area (Å²) in [6.07, 6.45) is -4.40. The summed E-state index contributed by atoms with van der Waals surface area (Å²) in [7, 11) is 0. The van der Waals surface area contributed by atoms with Crippen LogP contribution in [0.3, 0.4) is 0 Å². The van der Waals surface area contributed by atoms with Crippen molar-refractivity contribution >= 4 is 5.91 Å². The summed E-state index contributed by atoms with van der Waals surface area (Å²) in [4.78, 5) is 11.8. The van der Waals surface area contributed by atoms with Crippen LogP contribution in [0.4, 0.5) is 13.2 Å². The maximum Gasteiger partial charge on any atom is 0.416 e. The van der Waals surface area contributed by atoms with E-state index in [4.69, 9.17) is 0 Å². The zero-order chi connectivity index (χ0) is 14.0. The number of carbonyl (C=O) groups is 1. The molecule has 0 heterocycles. The number of carbonyl (C=O) groups excluding carboxylic acids is 1.